The molecule has 0 aliphatic heterocycles. The van der Waals surface area contributed by atoms with Crippen LogP contribution in [0.4, 0.5) is 0 Å². The van der Waals surface area contributed by atoms with Crippen molar-refractivity contribution in [3.8, 4) is 0 Å². The summed E-state index contributed by atoms with van der Waals surface area (Å²) in [7, 11) is 0. The van der Waals surface area contributed by atoms with E-state index in [4.69, 9.17) is 9.47 Å². The van der Waals surface area contributed by atoms with Gasteiger partial charge in [-0.25, -0.2) is 0 Å². The molecule has 0 saturated heterocycles. The molecule has 0 aromatic carbocycles. The normalized spacial score (nSPS) is 12.0. The Kier molecular flexibility index (Phi) is 39.4. The molecular formula is C43H84O5. The van der Waals surface area contributed by atoms with Gasteiger partial charge in [0, 0.05) is 12.8 Å². The molecule has 286 valence electrons. The number of hydrogen-bond acceptors (Lipinski definition) is 5. The minimum absolute atomic E-state index is 0.107. The molecule has 0 fully saturated rings. The van der Waals surface area contributed by atoms with Crippen LogP contribution in [0.15, 0.2) is 0 Å². The summed E-state index contributed by atoms with van der Waals surface area (Å²) in [5.74, 6) is -0.548. The SMILES string of the molecule is CCCCCCCCCCCCCCCCCCCCCCCC(=O)OC[C@H](O)COC(=O)CCCCCCCCCCCCCCC. The first-order valence-electron chi connectivity index (χ1n) is 21.6. The molecular weight excluding hydrogens is 596 g/mol. The first kappa shape index (κ1) is 46.9. The molecule has 1 atom stereocenters. The molecule has 0 rings (SSSR count). The van der Waals surface area contributed by atoms with Crippen LogP contribution in [-0.4, -0.2) is 36.4 Å². The summed E-state index contributed by atoms with van der Waals surface area (Å²) in [4.78, 5) is 24.0. The van der Waals surface area contributed by atoms with Crippen LogP contribution in [0.1, 0.15) is 245 Å². The van der Waals surface area contributed by atoms with Crippen molar-refractivity contribution in [3.63, 3.8) is 0 Å². The summed E-state index contributed by atoms with van der Waals surface area (Å²) >= 11 is 0. The fraction of sp³-hybridized carbons (Fsp3) is 0.953. The number of esters is 2. The highest BCUT2D eigenvalue weighted by molar-refractivity contribution is 5.69. The quantitative estimate of drug-likeness (QED) is 0.0515. The van der Waals surface area contributed by atoms with Crippen LogP contribution in [0.2, 0.25) is 0 Å². The molecule has 0 aromatic rings. The molecule has 0 spiro atoms. The molecule has 0 aromatic heterocycles. The van der Waals surface area contributed by atoms with Gasteiger partial charge in [-0.05, 0) is 12.8 Å². The average Bonchev–Trinajstić information content (AvgIpc) is 3.09. The van der Waals surface area contributed by atoms with Gasteiger partial charge >= 0.3 is 11.9 Å². The largest absolute Gasteiger partial charge is 0.463 e. The Balaban J connectivity index is 3.34. The number of rotatable bonds is 40. The lowest BCUT2D eigenvalue weighted by atomic mass is 10.0. The number of aliphatic hydroxyl groups excluding tert-OH is 1. The summed E-state index contributed by atoms with van der Waals surface area (Å²) in [5, 5.41) is 10.0. The third-order valence-electron chi connectivity index (χ3n) is 9.84. The second-order valence-electron chi connectivity index (χ2n) is 14.8. The Bertz CT molecular complexity index is 651. The van der Waals surface area contributed by atoms with Crippen LogP contribution in [0.3, 0.4) is 0 Å². The average molecular weight is 681 g/mol. The molecule has 0 saturated carbocycles. The van der Waals surface area contributed by atoms with Crippen molar-refractivity contribution >= 4 is 11.9 Å². The summed E-state index contributed by atoms with van der Waals surface area (Å²) in [6.07, 6.45) is 44.6. The third-order valence-corrected chi connectivity index (χ3v) is 9.84. The van der Waals surface area contributed by atoms with Crippen molar-refractivity contribution in [3.05, 3.63) is 0 Å². The first-order valence-corrected chi connectivity index (χ1v) is 21.6. The van der Waals surface area contributed by atoms with Gasteiger partial charge in [-0.15, -0.1) is 0 Å². The number of aliphatic hydroxyl groups is 1. The van der Waals surface area contributed by atoms with Gasteiger partial charge < -0.3 is 14.6 Å². The highest BCUT2D eigenvalue weighted by atomic mass is 16.6. The molecule has 0 aliphatic rings. The maximum atomic E-state index is 12.0. The molecule has 0 aliphatic carbocycles. The lowest BCUT2D eigenvalue weighted by Gasteiger charge is -2.12. The summed E-state index contributed by atoms with van der Waals surface area (Å²) < 4.78 is 10.4. The Morgan fingerprint density at radius 1 is 0.354 bits per heavy atom. The van der Waals surface area contributed by atoms with Crippen molar-refractivity contribution in [1.29, 1.82) is 0 Å². The van der Waals surface area contributed by atoms with Gasteiger partial charge in [-0.2, -0.15) is 0 Å². The van der Waals surface area contributed by atoms with Gasteiger partial charge in [0.1, 0.15) is 19.3 Å². The third kappa shape index (κ3) is 39.3. The van der Waals surface area contributed by atoms with Gasteiger partial charge in [0.25, 0.3) is 0 Å². The van der Waals surface area contributed by atoms with Crippen LogP contribution in [-0.2, 0) is 19.1 Å². The topological polar surface area (TPSA) is 72.8 Å². The Labute approximate surface area is 299 Å². The van der Waals surface area contributed by atoms with E-state index in [0.29, 0.717) is 12.8 Å². The molecule has 0 amide bonds. The number of hydrogen-bond donors (Lipinski definition) is 1. The Hall–Kier alpha value is -1.10. The lowest BCUT2D eigenvalue weighted by molar-refractivity contribution is -0.152. The van der Waals surface area contributed by atoms with E-state index in [1.54, 1.807) is 0 Å². The highest BCUT2D eigenvalue weighted by Crippen LogP contribution is 2.16. The number of carbonyl (C=O) groups is 2. The van der Waals surface area contributed by atoms with Crippen molar-refractivity contribution in [2.45, 2.75) is 251 Å². The van der Waals surface area contributed by atoms with Crippen molar-refractivity contribution in [2.75, 3.05) is 13.2 Å². The molecule has 5 nitrogen and oxygen atoms in total. The molecule has 0 unspecified atom stereocenters. The molecule has 1 N–H and O–H groups in total. The van der Waals surface area contributed by atoms with E-state index >= 15 is 0 Å². The fourth-order valence-corrected chi connectivity index (χ4v) is 6.56. The molecule has 48 heavy (non-hydrogen) atoms. The van der Waals surface area contributed by atoms with E-state index in [1.807, 2.05) is 0 Å². The fourth-order valence-electron chi connectivity index (χ4n) is 6.56. The number of ether oxygens (including phenoxy) is 2. The van der Waals surface area contributed by atoms with E-state index in [1.165, 1.54) is 193 Å². The van der Waals surface area contributed by atoms with E-state index in [0.717, 1.165) is 25.7 Å². The van der Waals surface area contributed by atoms with Crippen LogP contribution >= 0.6 is 0 Å². The second-order valence-corrected chi connectivity index (χ2v) is 14.8. The lowest BCUT2D eigenvalue weighted by Crippen LogP contribution is -2.25. The van der Waals surface area contributed by atoms with Crippen molar-refractivity contribution in [1.82, 2.24) is 0 Å². The van der Waals surface area contributed by atoms with Crippen molar-refractivity contribution < 1.29 is 24.2 Å². The van der Waals surface area contributed by atoms with Gasteiger partial charge in [0.2, 0.25) is 0 Å². The smallest absolute Gasteiger partial charge is 0.305 e. The number of unbranched alkanes of at least 4 members (excludes halogenated alkanes) is 32. The highest BCUT2D eigenvalue weighted by Gasteiger charge is 2.12. The second kappa shape index (κ2) is 40.3. The Morgan fingerprint density at radius 2 is 0.542 bits per heavy atom. The summed E-state index contributed by atoms with van der Waals surface area (Å²) in [5.41, 5.74) is 0. The molecule has 0 bridgehead atoms. The monoisotopic (exact) mass is 681 g/mol. The maximum absolute atomic E-state index is 12.0. The zero-order valence-electron chi connectivity index (χ0n) is 32.5. The van der Waals surface area contributed by atoms with Gasteiger partial charge in [-0.3, -0.25) is 9.59 Å². The van der Waals surface area contributed by atoms with Crippen LogP contribution in [0.25, 0.3) is 0 Å². The van der Waals surface area contributed by atoms with E-state index in [2.05, 4.69) is 13.8 Å². The summed E-state index contributed by atoms with van der Waals surface area (Å²) in [6, 6.07) is 0. The van der Waals surface area contributed by atoms with Crippen LogP contribution in [0, 0.1) is 0 Å². The minimum Gasteiger partial charge on any atom is -0.463 e. The van der Waals surface area contributed by atoms with E-state index in [-0.39, 0.29) is 25.2 Å². The Morgan fingerprint density at radius 3 is 0.750 bits per heavy atom. The molecule has 5 heteroatoms. The van der Waals surface area contributed by atoms with Gasteiger partial charge in [0.15, 0.2) is 0 Å². The zero-order valence-corrected chi connectivity index (χ0v) is 32.5. The van der Waals surface area contributed by atoms with E-state index < -0.39 is 6.10 Å². The van der Waals surface area contributed by atoms with Crippen LogP contribution in [0.5, 0.6) is 0 Å². The first-order chi connectivity index (χ1) is 23.6. The maximum Gasteiger partial charge on any atom is 0.305 e. The van der Waals surface area contributed by atoms with E-state index in [9.17, 15) is 14.7 Å². The van der Waals surface area contributed by atoms with Gasteiger partial charge in [0.05, 0.1) is 0 Å². The van der Waals surface area contributed by atoms with Gasteiger partial charge in [-0.1, -0.05) is 219 Å². The predicted molar refractivity (Wildman–Crippen MR) is 205 cm³/mol. The molecule has 0 radical (unpaired) electrons. The standard InChI is InChI=1S/C43H84O5/c1-3-5-7-9-11-13-15-17-18-19-20-21-22-23-24-26-28-30-32-34-36-38-43(46)48-40-41(44)39-47-42(45)37-35-33-31-29-27-25-16-14-12-10-8-6-4-2/h41,44H,3-40H2,1-2H3/t41-/m1/s1. The minimum atomic E-state index is -0.954. The predicted octanol–water partition coefficient (Wildman–Crippen LogP) is 13.5. The molecule has 0 heterocycles. The van der Waals surface area contributed by atoms with Crippen LogP contribution < -0.4 is 0 Å². The number of carbonyl (C=O) groups excluding carboxylic acids is 2. The summed E-state index contributed by atoms with van der Waals surface area (Å²) in [6.45, 7) is 4.34. The zero-order chi connectivity index (χ0) is 35.0. The van der Waals surface area contributed by atoms with Crippen molar-refractivity contribution in [2.24, 2.45) is 0 Å².